The smallest absolute Gasteiger partial charge is 0.246 e. The van der Waals surface area contributed by atoms with E-state index in [4.69, 9.17) is 4.74 Å². The number of benzene rings is 2. The fourth-order valence-corrected chi connectivity index (χ4v) is 3.02. The number of nitrogens with one attached hydrogen (secondary N) is 2. The van der Waals surface area contributed by atoms with Gasteiger partial charge in [0.1, 0.15) is 11.5 Å². The first kappa shape index (κ1) is 17.7. The molecule has 0 amide bonds. The molecule has 4 aromatic rings. The van der Waals surface area contributed by atoms with Crippen molar-refractivity contribution in [1.29, 1.82) is 0 Å². The second-order valence-electron chi connectivity index (χ2n) is 6.77. The van der Waals surface area contributed by atoms with E-state index >= 15 is 0 Å². The van der Waals surface area contributed by atoms with Gasteiger partial charge in [-0.2, -0.15) is 4.98 Å². The highest BCUT2D eigenvalue weighted by molar-refractivity contribution is 5.61. The molecule has 28 heavy (non-hydrogen) atoms. The van der Waals surface area contributed by atoms with Crippen LogP contribution in [0.5, 0.6) is 11.5 Å². The predicted octanol–water partition coefficient (Wildman–Crippen LogP) is 5.33. The Bertz CT molecular complexity index is 1080. The highest BCUT2D eigenvalue weighted by atomic mass is 16.5. The molecule has 2 heterocycles. The van der Waals surface area contributed by atoms with E-state index in [9.17, 15) is 0 Å². The summed E-state index contributed by atoms with van der Waals surface area (Å²) >= 11 is 0. The number of pyridine rings is 1. The molecule has 0 bridgehead atoms. The van der Waals surface area contributed by atoms with E-state index in [1.807, 2.05) is 43.3 Å². The van der Waals surface area contributed by atoms with E-state index in [2.05, 4.69) is 57.5 Å². The summed E-state index contributed by atoms with van der Waals surface area (Å²) in [6, 6.07) is 17.7. The summed E-state index contributed by atoms with van der Waals surface area (Å²) in [5.74, 6) is 2.74. The zero-order valence-electron chi connectivity index (χ0n) is 16.0. The molecule has 0 aliphatic heterocycles. The number of hydrogen-bond acceptors (Lipinski definition) is 5. The van der Waals surface area contributed by atoms with Gasteiger partial charge in [-0.15, -0.1) is 5.10 Å². The lowest BCUT2D eigenvalue weighted by molar-refractivity contribution is 0.481. The summed E-state index contributed by atoms with van der Waals surface area (Å²) in [7, 11) is 0. The molecule has 2 aromatic heterocycles. The van der Waals surface area contributed by atoms with Crippen molar-refractivity contribution in [2.75, 3.05) is 5.32 Å². The Kier molecular flexibility index (Phi) is 4.76. The van der Waals surface area contributed by atoms with Crippen molar-refractivity contribution in [3.05, 3.63) is 77.6 Å². The molecule has 0 spiro atoms. The molecule has 4 rings (SSSR count). The van der Waals surface area contributed by atoms with Crippen LogP contribution in [0.25, 0.3) is 11.4 Å². The highest BCUT2D eigenvalue weighted by Crippen LogP contribution is 2.25. The number of anilines is 2. The van der Waals surface area contributed by atoms with Crippen molar-refractivity contribution in [3.8, 4) is 22.9 Å². The molecule has 0 fully saturated rings. The van der Waals surface area contributed by atoms with Gasteiger partial charge >= 0.3 is 0 Å². The Labute approximate surface area is 163 Å². The van der Waals surface area contributed by atoms with Crippen LogP contribution in [0.4, 0.5) is 11.6 Å². The van der Waals surface area contributed by atoms with Crippen LogP contribution in [-0.4, -0.2) is 20.2 Å². The van der Waals surface area contributed by atoms with Crippen molar-refractivity contribution in [2.45, 2.75) is 20.8 Å². The first-order valence-corrected chi connectivity index (χ1v) is 9.04. The minimum atomic E-state index is 0.535. The van der Waals surface area contributed by atoms with Gasteiger partial charge in [-0.25, -0.2) is 0 Å². The van der Waals surface area contributed by atoms with Crippen molar-refractivity contribution < 1.29 is 4.74 Å². The van der Waals surface area contributed by atoms with Crippen LogP contribution in [0.15, 0.2) is 60.8 Å². The first-order chi connectivity index (χ1) is 13.5. The molecule has 2 N–H and O–H groups in total. The Hall–Kier alpha value is -3.67. The predicted molar refractivity (Wildman–Crippen MR) is 110 cm³/mol. The van der Waals surface area contributed by atoms with Crippen LogP contribution in [0, 0.1) is 20.8 Å². The topological polar surface area (TPSA) is 75.7 Å². The summed E-state index contributed by atoms with van der Waals surface area (Å²) < 4.78 is 5.86. The maximum Gasteiger partial charge on any atom is 0.246 e. The van der Waals surface area contributed by atoms with E-state index in [0.29, 0.717) is 11.8 Å². The van der Waals surface area contributed by atoms with Crippen LogP contribution in [0.2, 0.25) is 0 Å². The number of rotatable bonds is 5. The molecule has 0 atom stereocenters. The first-order valence-electron chi connectivity index (χ1n) is 9.04. The lowest BCUT2D eigenvalue weighted by atomic mass is 10.1. The molecule has 0 saturated carbocycles. The summed E-state index contributed by atoms with van der Waals surface area (Å²) in [5, 5.41) is 10.5. The summed E-state index contributed by atoms with van der Waals surface area (Å²) in [6.45, 7) is 6.07. The average Bonchev–Trinajstić information content (AvgIpc) is 3.10. The molecular formula is C22H21N5O. The maximum atomic E-state index is 5.86. The van der Waals surface area contributed by atoms with Gasteiger partial charge in [0.15, 0.2) is 5.82 Å². The molecular weight excluding hydrogens is 350 g/mol. The van der Waals surface area contributed by atoms with Crippen LogP contribution in [-0.2, 0) is 0 Å². The maximum absolute atomic E-state index is 5.86. The number of hydrogen-bond donors (Lipinski definition) is 2. The van der Waals surface area contributed by atoms with Gasteiger partial charge in [0.05, 0.1) is 0 Å². The zero-order chi connectivity index (χ0) is 19.5. The van der Waals surface area contributed by atoms with E-state index in [1.54, 1.807) is 6.20 Å². The van der Waals surface area contributed by atoms with E-state index in [-0.39, 0.29) is 0 Å². The third kappa shape index (κ3) is 4.17. The normalized spacial score (nSPS) is 10.7. The van der Waals surface area contributed by atoms with Gasteiger partial charge in [0.2, 0.25) is 5.95 Å². The van der Waals surface area contributed by atoms with Gasteiger partial charge in [-0.1, -0.05) is 6.07 Å². The van der Waals surface area contributed by atoms with Gasteiger partial charge in [-0.05, 0) is 74.4 Å². The standard InChI is InChI=1S/C22H21N5O/c1-14-10-15(2)12-18(11-14)24-22-25-21(26-27-22)17-4-6-19(7-5-17)28-20-8-9-23-16(3)13-20/h4-13H,1-3H3,(H2,24,25,26,27). The summed E-state index contributed by atoms with van der Waals surface area (Å²) in [5.41, 5.74) is 5.20. The van der Waals surface area contributed by atoms with Gasteiger partial charge < -0.3 is 10.1 Å². The number of H-pyrrole nitrogens is 1. The van der Waals surface area contributed by atoms with Gasteiger partial charge in [0.25, 0.3) is 0 Å². The zero-order valence-corrected chi connectivity index (χ0v) is 16.0. The Morgan fingerprint density at radius 2 is 1.61 bits per heavy atom. The van der Waals surface area contributed by atoms with Gasteiger partial charge in [0, 0.05) is 29.2 Å². The molecule has 0 radical (unpaired) electrons. The van der Waals surface area contributed by atoms with Crippen LogP contribution in [0.3, 0.4) is 0 Å². The minimum absolute atomic E-state index is 0.535. The highest BCUT2D eigenvalue weighted by Gasteiger charge is 2.07. The molecule has 0 aliphatic rings. The largest absolute Gasteiger partial charge is 0.457 e. The second-order valence-corrected chi connectivity index (χ2v) is 6.77. The van der Waals surface area contributed by atoms with Crippen molar-refractivity contribution in [2.24, 2.45) is 0 Å². The third-order valence-corrected chi connectivity index (χ3v) is 4.19. The molecule has 2 aromatic carbocycles. The number of nitrogens with zero attached hydrogens (tertiary/aromatic N) is 3. The minimum Gasteiger partial charge on any atom is -0.457 e. The lowest BCUT2D eigenvalue weighted by Crippen LogP contribution is -1.93. The fraction of sp³-hybridized carbons (Fsp3) is 0.136. The van der Waals surface area contributed by atoms with Crippen LogP contribution < -0.4 is 10.1 Å². The van der Waals surface area contributed by atoms with Crippen LogP contribution in [0.1, 0.15) is 16.8 Å². The van der Waals surface area contributed by atoms with Crippen molar-refractivity contribution in [1.82, 2.24) is 20.2 Å². The molecule has 6 nitrogen and oxygen atoms in total. The molecule has 0 saturated heterocycles. The van der Waals surface area contributed by atoms with E-state index in [1.165, 1.54) is 11.1 Å². The fourth-order valence-electron chi connectivity index (χ4n) is 3.02. The third-order valence-electron chi connectivity index (χ3n) is 4.19. The number of aryl methyl sites for hydroxylation is 3. The quantitative estimate of drug-likeness (QED) is 0.496. The lowest BCUT2D eigenvalue weighted by Gasteiger charge is -2.06. The van der Waals surface area contributed by atoms with Crippen molar-refractivity contribution >= 4 is 11.6 Å². The molecule has 6 heteroatoms. The number of aromatic nitrogens is 4. The average molecular weight is 371 g/mol. The molecule has 140 valence electrons. The number of aromatic amines is 1. The van der Waals surface area contributed by atoms with E-state index < -0.39 is 0 Å². The molecule has 0 unspecified atom stereocenters. The monoisotopic (exact) mass is 371 g/mol. The second kappa shape index (κ2) is 7.52. The Balaban J connectivity index is 1.47. The van der Waals surface area contributed by atoms with E-state index in [0.717, 1.165) is 28.4 Å². The van der Waals surface area contributed by atoms with Crippen LogP contribution >= 0.6 is 0 Å². The Morgan fingerprint density at radius 3 is 2.32 bits per heavy atom. The Morgan fingerprint density at radius 1 is 0.857 bits per heavy atom. The molecule has 0 aliphatic carbocycles. The SMILES string of the molecule is Cc1cc(C)cc(Nc2n[nH]c(-c3ccc(Oc4ccnc(C)c4)cc3)n2)c1. The van der Waals surface area contributed by atoms with Crippen molar-refractivity contribution in [3.63, 3.8) is 0 Å². The summed E-state index contributed by atoms with van der Waals surface area (Å²) in [4.78, 5) is 8.71. The van der Waals surface area contributed by atoms with Gasteiger partial charge in [-0.3, -0.25) is 10.1 Å². The summed E-state index contributed by atoms with van der Waals surface area (Å²) in [6.07, 6.45) is 1.73. The number of ether oxygens (including phenoxy) is 1.